The summed E-state index contributed by atoms with van der Waals surface area (Å²) >= 11 is 0. The SMILES string of the molecule is CCN1c2ncccc2OC[C@H]1C. The Morgan fingerprint density at radius 1 is 1.69 bits per heavy atom. The molecule has 1 atom stereocenters. The van der Waals surface area contributed by atoms with Crippen molar-refractivity contribution in [2.75, 3.05) is 18.1 Å². The van der Waals surface area contributed by atoms with Gasteiger partial charge in [0.05, 0.1) is 6.04 Å². The maximum Gasteiger partial charge on any atom is 0.171 e. The fourth-order valence-electron chi connectivity index (χ4n) is 1.68. The Morgan fingerprint density at radius 3 is 3.31 bits per heavy atom. The number of likely N-dealkylation sites (N-methyl/N-ethyl adjacent to an activating group) is 1. The predicted molar refractivity (Wildman–Crippen MR) is 52.2 cm³/mol. The molecule has 0 radical (unpaired) electrons. The molecule has 0 saturated carbocycles. The second-order valence-electron chi connectivity index (χ2n) is 3.27. The van der Waals surface area contributed by atoms with Crippen LogP contribution in [-0.4, -0.2) is 24.2 Å². The molecule has 0 amide bonds. The van der Waals surface area contributed by atoms with E-state index in [9.17, 15) is 0 Å². The Balaban J connectivity index is 2.39. The van der Waals surface area contributed by atoms with Crippen molar-refractivity contribution in [3.8, 4) is 5.75 Å². The van der Waals surface area contributed by atoms with Crippen molar-refractivity contribution >= 4 is 5.82 Å². The Labute approximate surface area is 78.3 Å². The van der Waals surface area contributed by atoms with E-state index in [0.717, 1.165) is 24.7 Å². The van der Waals surface area contributed by atoms with E-state index >= 15 is 0 Å². The zero-order valence-corrected chi connectivity index (χ0v) is 8.03. The third kappa shape index (κ3) is 1.34. The molecule has 1 aromatic rings. The Kier molecular flexibility index (Phi) is 2.08. The highest BCUT2D eigenvalue weighted by Crippen LogP contribution is 2.30. The van der Waals surface area contributed by atoms with Gasteiger partial charge in [0.25, 0.3) is 0 Å². The Hall–Kier alpha value is -1.25. The molecule has 0 unspecified atom stereocenters. The maximum absolute atomic E-state index is 5.56. The molecule has 2 rings (SSSR count). The average Bonchev–Trinajstić information content (AvgIpc) is 2.18. The number of fused-ring (bicyclic) bond motifs is 1. The minimum atomic E-state index is 0.424. The molecule has 0 saturated heterocycles. The van der Waals surface area contributed by atoms with Crippen molar-refractivity contribution in [3.63, 3.8) is 0 Å². The molecular formula is C10H14N2O. The average molecular weight is 178 g/mol. The highest BCUT2D eigenvalue weighted by atomic mass is 16.5. The first kappa shape index (κ1) is 8.35. The summed E-state index contributed by atoms with van der Waals surface area (Å²) in [5.74, 6) is 1.88. The maximum atomic E-state index is 5.56. The van der Waals surface area contributed by atoms with Crippen LogP contribution >= 0.6 is 0 Å². The van der Waals surface area contributed by atoms with Crippen LogP contribution in [0.2, 0.25) is 0 Å². The molecule has 13 heavy (non-hydrogen) atoms. The van der Waals surface area contributed by atoms with Crippen molar-refractivity contribution in [1.82, 2.24) is 4.98 Å². The van der Waals surface area contributed by atoms with Gasteiger partial charge in [-0.25, -0.2) is 4.98 Å². The third-order valence-corrected chi connectivity index (χ3v) is 2.38. The number of hydrogen-bond donors (Lipinski definition) is 0. The smallest absolute Gasteiger partial charge is 0.171 e. The summed E-state index contributed by atoms with van der Waals surface area (Å²) in [6.07, 6.45) is 1.81. The summed E-state index contributed by atoms with van der Waals surface area (Å²) < 4.78 is 5.56. The summed E-state index contributed by atoms with van der Waals surface area (Å²) in [6, 6.07) is 4.30. The first-order valence-electron chi connectivity index (χ1n) is 4.67. The van der Waals surface area contributed by atoms with Gasteiger partial charge in [-0.2, -0.15) is 0 Å². The monoisotopic (exact) mass is 178 g/mol. The van der Waals surface area contributed by atoms with Gasteiger partial charge in [0.2, 0.25) is 0 Å². The van der Waals surface area contributed by atoms with E-state index in [2.05, 4.69) is 23.7 Å². The summed E-state index contributed by atoms with van der Waals surface area (Å²) in [6.45, 7) is 6.03. The lowest BCUT2D eigenvalue weighted by Crippen LogP contribution is -2.41. The van der Waals surface area contributed by atoms with Gasteiger partial charge < -0.3 is 9.64 Å². The number of hydrogen-bond acceptors (Lipinski definition) is 3. The number of pyridine rings is 1. The Morgan fingerprint density at radius 2 is 2.54 bits per heavy atom. The van der Waals surface area contributed by atoms with Gasteiger partial charge >= 0.3 is 0 Å². The fraction of sp³-hybridized carbons (Fsp3) is 0.500. The van der Waals surface area contributed by atoms with E-state index in [-0.39, 0.29) is 0 Å². The molecular weight excluding hydrogens is 164 g/mol. The molecule has 0 aliphatic carbocycles. The number of ether oxygens (including phenoxy) is 1. The molecule has 1 aromatic heterocycles. The third-order valence-electron chi connectivity index (χ3n) is 2.38. The fourth-order valence-corrected chi connectivity index (χ4v) is 1.68. The summed E-state index contributed by atoms with van der Waals surface area (Å²) in [5.41, 5.74) is 0. The van der Waals surface area contributed by atoms with Crippen molar-refractivity contribution < 1.29 is 4.74 Å². The highest BCUT2D eigenvalue weighted by Gasteiger charge is 2.23. The van der Waals surface area contributed by atoms with E-state index in [1.165, 1.54) is 0 Å². The molecule has 0 aromatic carbocycles. The van der Waals surface area contributed by atoms with Crippen LogP contribution in [0.3, 0.4) is 0 Å². The summed E-state index contributed by atoms with van der Waals surface area (Å²) in [4.78, 5) is 6.59. The predicted octanol–water partition coefficient (Wildman–Crippen LogP) is 1.69. The van der Waals surface area contributed by atoms with Gasteiger partial charge in [0.1, 0.15) is 6.61 Å². The van der Waals surface area contributed by atoms with Crippen molar-refractivity contribution in [3.05, 3.63) is 18.3 Å². The zero-order chi connectivity index (χ0) is 9.26. The van der Waals surface area contributed by atoms with Gasteiger partial charge in [-0.3, -0.25) is 0 Å². The molecule has 70 valence electrons. The quantitative estimate of drug-likeness (QED) is 0.654. The lowest BCUT2D eigenvalue weighted by molar-refractivity contribution is 0.268. The molecule has 1 aliphatic heterocycles. The molecule has 0 spiro atoms. The molecule has 3 nitrogen and oxygen atoms in total. The number of rotatable bonds is 1. The molecule has 2 heterocycles. The first-order valence-corrected chi connectivity index (χ1v) is 4.67. The summed E-state index contributed by atoms with van der Waals surface area (Å²) in [7, 11) is 0. The van der Waals surface area contributed by atoms with E-state index in [4.69, 9.17) is 4.74 Å². The van der Waals surface area contributed by atoms with Crippen LogP contribution in [0.15, 0.2) is 18.3 Å². The second-order valence-corrected chi connectivity index (χ2v) is 3.27. The molecule has 3 heteroatoms. The van der Waals surface area contributed by atoms with Crippen LogP contribution in [0, 0.1) is 0 Å². The number of aromatic nitrogens is 1. The van der Waals surface area contributed by atoms with Crippen molar-refractivity contribution in [1.29, 1.82) is 0 Å². The summed E-state index contributed by atoms with van der Waals surface area (Å²) in [5, 5.41) is 0. The van der Waals surface area contributed by atoms with Crippen LogP contribution in [0.5, 0.6) is 5.75 Å². The lowest BCUT2D eigenvalue weighted by atomic mass is 10.2. The van der Waals surface area contributed by atoms with E-state index in [1.807, 2.05) is 18.3 Å². The minimum Gasteiger partial charge on any atom is -0.488 e. The number of anilines is 1. The van der Waals surface area contributed by atoms with Crippen molar-refractivity contribution in [2.45, 2.75) is 19.9 Å². The van der Waals surface area contributed by atoms with Gasteiger partial charge in [0, 0.05) is 12.7 Å². The highest BCUT2D eigenvalue weighted by molar-refractivity contribution is 5.54. The largest absolute Gasteiger partial charge is 0.488 e. The van der Waals surface area contributed by atoms with E-state index < -0.39 is 0 Å². The van der Waals surface area contributed by atoms with Crippen LogP contribution < -0.4 is 9.64 Å². The topological polar surface area (TPSA) is 25.4 Å². The van der Waals surface area contributed by atoms with Gasteiger partial charge in [0.15, 0.2) is 11.6 Å². The van der Waals surface area contributed by atoms with Gasteiger partial charge in [-0.15, -0.1) is 0 Å². The van der Waals surface area contributed by atoms with E-state index in [1.54, 1.807) is 0 Å². The lowest BCUT2D eigenvalue weighted by Gasteiger charge is -2.34. The van der Waals surface area contributed by atoms with E-state index in [0.29, 0.717) is 6.04 Å². The minimum absolute atomic E-state index is 0.424. The zero-order valence-electron chi connectivity index (χ0n) is 8.03. The van der Waals surface area contributed by atoms with Crippen LogP contribution in [0.25, 0.3) is 0 Å². The van der Waals surface area contributed by atoms with Crippen LogP contribution in [-0.2, 0) is 0 Å². The normalized spacial score (nSPS) is 20.8. The van der Waals surface area contributed by atoms with Gasteiger partial charge in [-0.05, 0) is 26.0 Å². The molecule has 0 N–H and O–H groups in total. The van der Waals surface area contributed by atoms with Crippen LogP contribution in [0.4, 0.5) is 5.82 Å². The molecule has 0 bridgehead atoms. The second kappa shape index (κ2) is 3.24. The molecule has 1 aliphatic rings. The molecule has 0 fully saturated rings. The van der Waals surface area contributed by atoms with Crippen LogP contribution in [0.1, 0.15) is 13.8 Å². The van der Waals surface area contributed by atoms with Gasteiger partial charge in [-0.1, -0.05) is 0 Å². The standard InChI is InChI=1S/C10H14N2O/c1-3-12-8(2)7-13-9-5-4-6-11-10(9)12/h4-6,8H,3,7H2,1-2H3/t8-/m1/s1. The first-order chi connectivity index (χ1) is 6.33. The van der Waals surface area contributed by atoms with Crippen molar-refractivity contribution in [2.24, 2.45) is 0 Å². The number of nitrogens with zero attached hydrogens (tertiary/aromatic N) is 2. The Bertz CT molecular complexity index is 301.